The molecule has 0 saturated heterocycles. The van der Waals surface area contributed by atoms with Crippen LogP contribution in [0.5, 0.6) is 0 Å². The minimum Gasteiger partial charge on any atom is -0.245 e. The maximum atomic E-state index is 10.0. The molecule has 0 unspecified atom stereocenters. The Balaban J connectivity index is 2.61. The van der Waals surface area contributed by atoms with Crippen LogP contribution < -0.4 is 0 Å². The first-order chi connectivity index (χ1) is 4.43. The third-order valence-corrected chi connectivity index (χ3v) is 1.00. The van der Waals surface area contributed by atoms with Crippen LogP contribution in [-0.4, -0.2) is 16.6 Å². The predicted octanol–water partition coefficient (Wildman–Crippen LogP) is 0.450. The van der Waals surface area contributed by atoms with Gasteiger partial charge in [0.05, 0.1) is 6.61 Å². The SMILES string of the molecule is [O]CCc1ccncn1. The highest BCUT2D eigenvalue weighted by atomic mass is 16.3. The van der Waals surface area contributed by atoms with E-state index in [2.05, 4.69) is 9.97 Å². The van der Waals surface area contributed by atoms with Crippen molar-refractivity contribution in [3.05, 3.63) is 24.3 Å². The molecule has 9 heavy (non-hydrogen) atoms. The minimum absolute atomic E-state index is 0.100. The molecule has 3 heteroatoms. The Morgan fingerprint density at radius 1 is 1.56 bits per heavy atom. The highest BCUT2D eigenvalue weighted by molar-refractivity contribution is 4.97. The van der Waals surface area contributed by atoms with Gasteiger partial charge < -0.3 is 0 Å². The van der Waals surface area contributed by atoms with Crippen molar-refractivity contribution in [2.24, 2.45) is 0 Å². The van der Waals surface area contributed by atoms with Crippen molar-refractivity contribution in [1.29, 1.82) is 0 Å². The number of nitrogens with zero attached hydrogens (tertiary/aromatic N) is 2. The zero-order valence-electron chi connectivity index (χ0n) is 4.95. The van der Waals surface area contributed by atoms with E-state index in [0.29, 0.717) is 6.42 Å². The minimum atomic E-state index is -0.100. The molecule has 1 aromatic heterocycles. The lowest BCUT2D eigenvalue weighted by molar-refractivity contribution is 0.196. The van der Waals surface area contributed by atoms with Gasteiger partial charge in [-0.3, -0.25) is 0 Å². The average Bonchev–Trinajstić information content (AvgIpc) is 1.91. The highest BCUT2D eigenvalue weighted by Crippen LogP contribution is 1.89. The molecule has 0 bridgehead atoms. The van der Waals surface area contributed by atoms with E-state index < -0.39 is 0 Å². The Morgan fingerprint density at radius 3 is 3.00 bits per heavy atom. The molecule has 0 N–H and O–H groups in total. The summed E-state index contributed by atoms with van der Waals surface area (Å²) in [7, 11) is 0. The van der Waals surface area contributed by atoms with Gasteiger partial charge in [0.25, 0.3) is 0 Å². The number of hydrogen-bond donors (Lipinski definition) is 0. The Labute approximate surface area is 53.4 Å². The molecule has 1 aromatic rings. The molecular formula is C6H7N2O. The van der Waals surface area contributed by atoms with Crippen LogP contribution in [0.25, 0.3) is 0 Å². The second kappa shape index (κ2) is 3.14. The molecule has 1 heterocycles. The van der Waals surface area contributed by atoms with Crippen molar-refractivity contribution in [3.63, 3.8) is 0 Å². The second-order valence-corrected chi connectivity index (χ2v) is 1.65. The van der Waals surface area contributed by atoms with Gasteiger partial charge in [-0.05, 0) is 6.07 Å². The van der Waals surface area contributed by atoms with Gasteiger partial charge in [-0.25, -0.2) is 15.1 Å². The van der Waals surface area contributed by atoms with Gasteiger partial charge >= 0.3 is 0 Å². The van der Waals surface area contributed by atoms with Crippen molar-refractivity contribution < 1.29 is 5.11 Å². The summed E-state index contributed by atoms with van der Waals surface area (Å²) in [4.78, 5) is 7.57. The van der Waals surface area contributed by atoms with E-state index in [0.717, 1.165) is 5.69 Å². The van der Waals surface area contributed by atoms with E-state index in [4.69, 9.17) is 0 Å². The maximum absolute atomic E-state index is 10.0. The van der Waals surface area contributed by atoms with E-state index in [1.54, 1.807) is 12.3 Å². The summed E-state index contributed by atoms with van der Waals surface area (Å²) in [6.45, 7) is -0.100. The maximum Gasteiger partial charge on any atom is 0.115 e. The van der Waals surface area contributed by atoms with Gasteiger partial charge in [-0.1, -0.05) is 0 Å². The molecule has 0 fully saturated rings. The van der Waals surface area contributed by atoms with Crippen LogP contribution in [0.1, 0.15) is 5.69 Å². The number of hydrogen-bond acceptors (Lipinski definition) is 2. The zero-order chi connectivity index (χ0) is 6.53. The third kappa shape index (κ3) is 1.77. The number of rotatable bonds is 2. The second-order valence-electron chi connectivity index (χ2n) is 1.65. The molecule has 0 aromatic carbocycles. The van der Waals surface area contributed by atoms with Crippen LogP contribution in [0, 0.1) is 0 Å². The first-order valence-electron chi connectivity index (χ1n) is 2.76. The average molecular weight is 123 g/mol. The summed E-state index contributed by atoms with van der Waals surface area (Å²) < 4.78 is 0. The van der Waals surface area contributed by atoms with Crippen LogP contribution in [0.3, 0.4) is 0 Å². The molecule has 1 rings (SSSR count). The lowest BCUT2D eigenvalue weighted by Crippen LogP contribution is -1.92. The van der Waals surface area contributed by atoms with Crippen LogP contribution in [0.15, 0.2) is 18.6 Å². The molecule has 47 valence electrons. The summed E-state index contributed by atoms with van der Waals surface area (Å²) in [5, 5.41) is 10.0. The fraction of sp³-hybridized carbons (Fsp3) is 0.333. The molecule has 0 aliphatic carbocycles. The molecular weight excluding hydrogens is 116 g/mol. The van der Waals surface area contributed by atoms with Crippen molar-refractivity contribution in [1.82, 2.24) is 9.97 Å². The van der Waals surface area contributed by atoms with Crippen molar-refractivity contribution in [2.45, 2.75) is 6.42 Å². The summed E-state index contributed by atoms with van der Waals surface area (Å²) in [5.41, 5.74) is 0.819. The van der Waals surface area contributed by atoms with Gasteiger partial charge in [-0.15, -0.1) is 0 Å². The van der Waals surface area contributed by atoms with Crippen LogP contribution in [0.4, 0.5) is 0 Å². The molecule has 0 saturated carbocycles. The van der Waals surface area contributed by atoms with Gasteiger partial charge in [0.2, 0.25) is 0 Å². The van der Waals surface area contributed by atoms with Gasteiger partial charge in [-0.2, -0.15) is 0 Å². The van der Waals surface area contributed by atoms with Gasteiger partial charge in [0.1, 0.15) is 6.33 Å². The first kappa shape index (κ1) is 6.16. The van der Waals surface area contributed by atoms with Crippen molar-refractivity contribution in [2.75, 3.05) is 6.61 Å². The Bertz CT molecular complexity index is 164. The largest absolute Gasteiger partial charge is 0.245 e. The quantitative estimate of drug-likeness (QED) is 0.573. The van der Waals surface area contributed by atoms with Crippen molar-refractivity contribution >= 4 is 0 Å². The zero-order valence-corrected chi connectivity index (χ0v) is 4.95. The Kier molecular flexibility index (Phi) is 2.15. The molecule has 0 spiro atoms. The smallest absolute Gasteiger partial charge is 0.115 e. The van der Waals surface area contributed by atoms with E-state index in [9.17, 15) is 5.11 Å². The molecule has 0 aliphatic rings. The summed E-state index contributed by atoms with van der Waals surface area (Å²) >= 11 is 0. The standard InChI is InChI=1S/C6H7N2O/c9-4-2-6-1-3-7-5-8-6/h1,3,5H,2,4H2. The van der Waals surface area contributed by atoms with E-state index in [1.807, 2.05) is 0 Å². The molecule has 1 radical (unpaired) electrons. The number of aromatic nitrogens is 2. The summed E-state index contributed by atoms with van der Waals surface area (Å²) in [5.74, 6) is 0. The van der Waals surface area contributed by atoms with Gasteiger partial charge in [0.15, 0.2) is 0 Å². The lowest BCUT2D eigenvalue weighted by atomic mass is 10.3. The first-order valence-corrected chi connectivity index (χ1v) is 2.76. The monoisotopic (exact) mass is 123 g/mol. The topological polar surface area (TPSA) is 45.7 Å². The van der Waals surface area contributed by atoms with E-state index in [1.165, 1.54) is 6.33 Å². The van der Waals surface area contributed by atoms with Crippen LogP contribution in [0.2, 0.25) is 0 Å². The van der Waals surface area contributed by atoms with Crippen LogP contribution >= 0.6 is 0 Å². The molecule has 3 nitrogen and oxygen atoms in total. The van der Waals surface area contributed by atoms with E-state index >= 15 is 0 Å². The fourth-order valence-electron chi connectivity index (χ4n) is 0.571. The molecule has 0 atom stereocenters. The fourth-order valence-corrected chi connectivity index (χ4v) is 0.571. The molecule has 0 aliphatic heterocycles. The normalized spacial score (nSPS) is 9.44. The summed E-state index contributed by atoms with van der Waals surface area (Å²) in [6.07, 6.45) is 3.59. The third-order valence-electron chi connectivity index (χ3n) is 1.00. The van der Waals surface area contributed by atoms with Crippen LogP contribution in [-0.2, 0) is 11.5 Å². The van der Waals surface area contributed by atoms with E-state index in [-0.39, 0.29) is 6.61 Å². The molecule has 0 amide bonds. The highest BCUT2D eigenvalue weighted by Gasteiger charge is 1.88. The summed E-state index contributed by atoms with van der Waals surface area (Å²) in [6, 6.07) is 1.75. The predicted molar refractivity (Wildman–Crippen MR) is 31.3 cm³/mol. The Morgan fingerprint density at radius 2 is 2.44 bits per heavy atom. The lowest BCUT2D eigenvalue weighted by Gasteiger charge is -1.90. The van der Waals surface area contributed by atoms with Crippen molar-refractivity contribution in [3.8, 4) is 0 Å². The van der Waals surface area contributed by atoms with Gasteiger partial charge in [0, 0.05) is 18.3 Å². The Hall–Kier alpha value is -0.960.